The number of hydrogen-bond donors (Lipinski definition) is 1. The first kappa shape index (κ1) is 17.7. The molecule has 3 rings (SSSR count). The standard InChI is InChI=1S/C18H16N3O4S/c19-13-3-1-5-17(11-13)26(16-9-7-14(8-10-16)20(22)23)18-6-2-4-15(12-18)21(24)25/h2,4-12H,1,3,19H2/q+1. The Morgan fingerprint density at radius 2 is 1.62 bits per heavy atom. The van der Waals surface area contributed by atoms with Crippen LogP contribution in [-0.2, 0) is 10.9 Å². The minimum Gasteiger partial charge on any atom is -0.402 e. The quantitative estimate of drug-likeness (QED) is 0.484. The molecule has 0 heterocycles. The van der Waals surface area contributed by atoms with Gasteiger partial charge in [0.05, 0.1) is 26.8 Å². The van der Waals surface area contributed by atoms with Crippen LogP contribution in [0, 0.1) is 20.2 Å². The van der Waals surface area contributed by atoms with Crippen LogP contribution < -0.4 is 5.73 Å². The Labute approximate surface area is 152 Å². The average Bonchev–Trinajstić information content (AvgIpc) is 2.63. The maximum atomic E-state index is 11.1. The summed E-state index contributed by atoms with van der Waals surface area (Å²) in [5.74, 6) is 0. The van der Waals surface area contributed by atoms with Gasteiger partial charge in [-0.3, -0.25) is 20.2 Å². The van der Waals surface area contributed by atoms with Crippen molar-refractivity contribution in [3.05, 3.63) is 91.5 Å². The number of benzene rings is 2. The molecule has 0 aliphatic heterocycles. The Morgan fingerprint density at radius 3 is 2.23 bits per heavy atom. The van der Waals surface area contributed by atoms with Crippen molar-refractivity contribution in [3.8, 4) is 0 Å². The lowest BCUT2D eigenvalue weighted by Gasteiger charge is -2.12. The molecule has 2 N–H and O–H groups in total. The fourth-order valence-corrected chi connectivity index (χ4v) is 4.91. The highest BCUT2D eigenvalue weighted by Crippen LogP contribution is 2.35. The van der Waals surface area contributed by atoms with E-state index in [-0.39, 0.29) is 11.4 Å². The van der Waals surface area contributed by atoms with Gasteiger partial charge in [0, 0.05) is 42.1 Å². The normalized spacial score (nSPS) is 14.9. The third kappa shape index (κ3) is 3.75. The molecule has 0 saturated carbocycles. The van der Waals surface area contributed by atoms with Gasteiger partial charge in [-0.15, -0.1) is 0 Å². The van der Waals surface area contributed by atoms with Crippen molar-refractivity contribution in [2.45, 2.75) is 22.6 Å². The fourth-order valence-electron chi connectivity index (χ4n) is 2.67. The molecular weight excluding hydrogens is 354 g/mol. The SMILES string of the molecule is NC1=CC([S+](c2ccc([N+](=O)[O-])cc2)c2cccc([N+](=O)[O-])c2)=CCC1. The fraction of sp³-hybridized carbons (Fsp3) is 0.111. The van der Waals surface area contributed by atoms with Crippen LogP contribution in [0.25, 0.3) is 0 Å². The zero-order valence-electron chi connectivity index (χ0n) is 13.7. The Hall–Kier alpha value is -3.13. The molecule has 0 fully saturated rings. The van der Waals surface area contributed by atoms with Crippen molar-refractivity contribution in [3.63, 3.8) is 0 Å². The maximum Gasteiger partial charge on any atom is 0.274 e. The van der Waals surface area contributed by atoms with Crippen molar-refractivity contribution in [2.24, 2.45) is 5.73 Å². The first-order valence-electron chi connectivity index (χ1n) is 7.85. The van der Waals surface area contributed by atoms with Gasteiger partial charge in [0.2, 0.25) is 0 Å². The lowest BCUT2D eigenvalue weighted by atomic mass is 10.1. The van der Waals surface area contributed by atoms with E-state index < -0.39 is 20.7 Å². The topological polar surface area (TPSA) is 112 Å². The number of nitrogens with zero attached hydrogens (tertiary/aromatic N) is 2. The highest BCUT2D eigenvalue weighted by atomic mass is 32.2. The number of rotatable bonds is 5. The highest BCUT2D eigenvalue weighted by Gasteiger charge is 2.32. The Bertz CT molecular complexity index is 922. The summed E-state index contributed by atoms with van der Waals surface area (Å²) in [6.45, 7) is 0. The number of nitro groups is 2. The van der Waals surface area contributed by atoms with Crippen LogP contribution in [0.2, 0.25) is 0 Å². The van der Waals surface area contributed by atoms with Crippen LogP contribution in [-0.4, -0.2) is 9.85 Å². The van der Waals surface area contributed by atoms with Crippen molar-refractivity contribution in [1.29, 1.82) is 0 Å². The van der Waals surface area contributed by atoms with Gasteiger partial charge < -0.3 is 5.73 Å². The van der Waals surface area contributed by atoms with Crippen LogP contribution in [0.4, 0.5) is 11.4 Å². The molecule has 7 nitrogen and oxygen atoms in total. The molecule has 0 amide bonds. The predicted octanol–water partition coefficient (Wildman–Crippen LogP) is 4.06. The van der Waals surface area contributed by atoms with E-state index in [4.69, 9.17) is 5.73 Å². The van der Waals surface area contributed by atoms with Crippen molar-refractivity contribution in [1.82, 2.24) is 0 Å². The monoisotopic (exact) mass is 370 g/mol. The number of hydrogen-bond acceptors (Lipinski definition) is 5. The van der Waals surface area contributed by atoms with E-state index in [0.717, 1.165) is 33.2 Å². The van der Waals surface area contributed by atoms with Crippen LogP contribution >= 0.6 is 0 Å². The van der Waals surface area contributed by atoms with E-state index in [0.29, 0.717) is 0 Å². The average molecular weight is 370 g/mol. The lowest BCUT2D eigenvalue weighted by Crippen LogP contribution is -2.11. The summed E-state index contributed by atoms with van der Waals surface area (Å²) in [5.41, 5.74) is 6.76. The highest BCUT2D eigenvalue weighted by molar-refractivity contribution is 8.00. The third-order valence-electron chi connectivity index (χ3n) is 3.89. The van der Waals surface area contributed by atoms with Gasteiger partial charge in [0.25, 0.3) is 11.4 Å². The predicted molar refractivity (Wildman–Crippen MR) is 99.7 cm³/mol. The second kappa shape index (κ2) is 7.40. The van der Waals surface area contributed by atoms with Gasteiger partial charge in [0.1, 0.15) is 0 Å². The minimum absolute atomic E-state index is 0.00372. The first-order valence-corrected chi connectivity index (χ1v) is 9.07. The largest absolute Gasteiger partial charge is 0.402 e. The summed E-state index contributed by atoms with van der Waals surface area (Å²) in [4.78, 5) is 23.7. The number of nitro benzene ring substituents is 2. The second-order valence-corrected chi connectivity index (χ2v) is 7.70. The summed E-state index contributed by atoms with van der Waals surface area (Å²) >= 11 is 0. The van der Waals surface area contributed by atoms with E-state index in [9.17, 15) is 20.2 Å². The van der Waals surface area contributed by atoms with Gasteiger partial charge >= 0.3 is 0 Å². The molecule has 26 heavy (non-hydrogen) atoms. The summed E-state index contributed by atoms with van der Waals surface area (Å²) in [7, 11) is -0.629. The molecule has 1 aliphatic rings. The van der Waals surface area contributed by atoms with Gasteiger partial charge in [0.15, 0.2) is 14.7 Å². The van der Waals surface area contributed by atoms with Gasteiger partial charge in [-0.05, 0) is 25.0 Å². The third-order valence-corrected chi connectivity index (χ3v) is 6.11. The van der Waals surface area contributed by atoms with Gasteiger partial charge in [-0.25, -0.2) is 0 Å². The van der Waals surface area contributed by atoms with Crippen molar-refractivity contribution >= 4 is 22.3 Å². The summed E-state index contributed by atoms with van der Waals surface area (Å²) in [6.07, 6.45) is 5.53. The molecule has 132 valence electrons. The van der Waals surface area contributed by atoms with Gasteiger partial charge in [-0.2, -0.15) is 0 Å². The van der Waals surface area contributed by atoms with E-state index in [2.05, 4.69) is 6.08 Å². The Morgan fingerprint density at radius 1 is 0.923 bits per heavy atom. The number of nitrogens with two attached hydrogens (primary N) is 1. The Kier molecular flexibility index (Phi) is 5.04. The molecule has 0 spiro atoms. The van der Waals surface area contributed by atoms with E-state index >= 15 is 0 Å². The molecule has 1 aliphatic carbocycles. The summed E-state index contributed by atoms with van der Waals surface area (Å²) in [5, 5.41) is 22.1. The Balaban J connectivity index is 2.10. The molecule has 1 atom stereocenters. The second-order valence-electron chi connectivity index (χ2n) is 5.68. The molecule has 8 heteroatoms. The number of allylic oxidation sites excluding steroid dienone is 3. The van der Waals surface area contributed by atoms with Crippen LogP contribution in [0.1, 0.15) is 12.8 Å². The molecule has 0 radical (unpaired) electrons. The van der Waals surface area contributed by atoms with Crippen LogP contribution in [0.5, 0.6) is 0 Å². The van der Waals surface area contributed by atoms with Gasteiger partial charge in [-0.1, -0.05) is 6.07 Å². The lowest BCUT2D eigenvalue weighted by molar-refractivity contribution is -0.385. The molecule has 0 saturated heterocycles. The summed E-state index contributed by atoms with van der Waals surface area (Å²) < 4.78 is 0. The van der Waals surface area contributed by atoms with E-state index in [1.54, 1.807) is 24.3 Å². The molecular formula is C18H16N3O4S+. The van der Waals surface area contributed by atoms with E-state index in [1.165, 1.54) is 18.2 Å². The van der Waals surface area contributed by atoms with E-state index in [1.807, 2.05) is 12.1 Å². The minimum atomic E-state index is -0.629. The smallest absolute Gasteiger partial charge is 0.274 e. The van der Waals surface area contributed by atoms with Crippen LogP contribution in [0.15, 0.2) is 81.1 Å². The molecule has 1 unspecified atom stereocenters. The number of non-ortho nitro benzene ring substituents is 2. The molecule has 2 aromatic rings. The molecule has 2 aromatic carbocycles. The molecule has 0 aromatic heterocycles. The van der Waals surface area contributed by atoms with Crippen LogP contribution in [0.3, 0.4) is 0 Å². The summed E-state index contributed by atoms with van der Waals surface area (Å²) in [6, 6.07) is 12.8. The first-order chi connectivity index (χ1) is 12.5. The molecule has 0 bridgehead atoms. The zero-order valence-corrected chi connectivity index (χ0v) is 14.5. The van der Waals surface area contributed by atoms with Crippen molar-refractivity contribution < 1.29 is 9.85 Å². The maximum absolute atomic E-state index is 11.1. The zero-order chi connectivity index (χ0) is 18.7. The van der Waals surface area contributed by atoms with Crippen molar-refractivity contribution in [2.75, 3.05) is 0 Å².